The molecule has 0 radical (unpaired) electrons. The zero-order valence-corrected chi connectivity index (χ0v) is 18.1. The van der Waals surface area contributed by atoms with Crippen LogP contribution in [0.15, 0.2) is 24.3 Å². The maximum absolute atomic E-state index is 12.5. The molecule has 0 aliphatic heterocycles. The van der Waals surface area contributed by atoms with Gasteiger partial charge in [0, 0.05) is 0 Å². The molecule has 156 valence electrons. The average Bonchev–Trinajstić information content (AvgIpc) is 2.96. The lowest BCUT2D eigenvalue weighted by atomic mass is 10.1. The molecule has 0 unspecified atom stereocenters. The second-order valence-electron chi connectivity index (χ2n) is 6.74. The Labute approximate surface area is 174 Å². The second kappa shape index (κ2) is 10.2. The van der Waals surface area contributed by atoms with E-state index in [2.05, 4.69) is 5.32 Å². The van der Waals surface area contributed by atoms with E-state index in [1.807, 2.05) is 25.1 Å². The van der Waals surface area contributed by atoms with Gasteiger partial charge in [-0.05, 0) is 52.1 Å². The van der Waals surface area contributed by atoms with E-state index in [4.69, 9.17) is 9.47 Å². The van der Waals surface area contributed by atoms with Crippen molar-refractivity contribution in [2.45, 2.75) is 20.8 Å². The number of likely N-dealkylation sites (N-methyl/N-ethyl adjacent to an activating group) is 1. The molecule has 0 saturated carbocycles. The van der Waals surface area contributed by atoms with Crippen LogP contribution in [0.2, 0.25) is 0 Å². The summed E-state index contributed by atoms with van der Waals surface area (Å²) >= 11 is 1.08. The standard InChI is InChI=1S/C21H26N2O5S/c1-6-27-21(26)18-14(3)19(15(24)11-23(4)5)29-20(18)22-17(25)12-28-16-10-8-7-9-13(16)2/h7-10H,6,11-12H2,1-5H3,(H,22,25). The number of aryl methyl sites for hydroxylation is 1. The second-order valence-corrected chi connectivity index (χ2v) is 7.76. The number of carbonyl (C=O) groups excluding carboxylic acids is 3. The van der Waals surface area contributed by atoms with E-state index in [1.165, 1.54) is 0 Å². The number of amides is 1. The Morgan fingerprint density at radius 3 is 2.45 bits per heavy atom. The molecule has 2 aromatic rings. The van der Waals surface area contributed by atoms with E-state index in [9.17, 15) is 14.4 Å². The molecule has 1 N–H and O–H groups in total. The summed E-state index contributed by atoms with van der Waals surface area (Å²) in [6, 6.07) is 7.37. The summed E-state index contributed by atoms with van der Waals surface area (Å²) in [5.41, 5.74) is 1.63. The summed E-state index contributed by atoms with van der Waals surface area (Å²) in [7, 11) is 3.58. The van der Waals surface area contributed by atoms with Gasteiger partial charge in [-0.2, -0.15) is 0 Å². The molecular formula is C21H26N2O5S. The monoisotopic (exact) mass is 418 g/mol. The number of nitrogens with zero attached hydrogens (tertiary/aromatic N) is 1. The predicted molar refractivity (Wildman–Crippen MR) is 113 cm³/mol. The van der Waals surface area contributed by atoms with Gasteiger partial charge in [-0.3, -0.25) is 9.59 Å². The number of nitrogens with one attached hydrogen (secondary N) is 1. The van der Waals surface area contributed by atoms with E-state index in [1.54, 1.807) is 38.9 Å². The SMILES string of the molecule is CCOC(=O)c1c(NC(=O)COc2ccccc2C)sc(C(=O)CN(C)C)c1C. The molecule has 0 aliphatic rings. The zero-order valence-electron chi connectivity index (χ0n) is 17.3. The normalized spacial score (nSPS) is 10.7. The highest BCUT2D eigenvalue weighted by molar-refractivity contribution is 7.18. The number of carbonyl (C=O) groups is 3. The van der Waals surface area contributed by atoms with Gasteiger partial charge in [-0.1, -0.05) is 18.2 Å². The van der Waals surface area contributed by atoms with Crippen molar-refractivity contribution in [3.05, 3.63) is 45.8 Å². The van der Waals surface area contributed by atoms with Gasteiger partial charge in [0.25, 0.3) is 5.91 Å². The van der Waals surface area contributed by atoms with Gasteiger partial charge >= 0.3 is 5.97 Å². The number of rotatable bonds is 9. The largest absolute Gasteiger partial charge is 0.483 e. The van der Waals surface area contributed by atoms with Gasteiger partial charge in [-0.15, -0.1) is 11.3 Å². The van der Waals surface area contributed by atoms with Crippen molar-refractivity contribution in [2.75, 3.05) is 39.2 Å². The molecular weight excluding hydrogens is 392 g/mol. The Balaban J connectivity index is 2.22. The molecule has 29 heavy (non-hydrogen) atoms. The molecule has 0 aliphatic carbocycles. The van der Waals surface area contributed by atoms with Crippen LogP contribution >= 0.6 is 11.3 Å². The summed E-state index contributed by atoms with van der Waals surface area (Å²) in [5.74, 6) is -0.510. The summed E-state index contributed by atoms with van der Waals surface area (Å²) < 4.78 is 10.7. The number of esters is 1. The van der Waals surface area contributed by atoms with Gasteiger partial charge in [-0.25, -0.2) is 4.79 Å². The molecule has 2 rings (SSSR count). The predicted octanol–water partition coefficient (Wildman–Crippen LogP) is 3.30. The highest BCUT2D eigenvalue weighted by Gasteiger charge is 2.26. The number of para-hydroxylation sites is 1. The number of anilines is 1. The van der Waals surface area contributed by atoms with Crippen molar-refractivity contribution in [3.8, 4) is 5.75 Å². The van der Waals surface area contributed by atoms with Crippen LogP contribution in [-0.4, -0.2) is 56.4 Å². The first-order chi connectivity index (χ1) is 13.7. The van der Waals surface area contributed by atoms with Crippen molar-refractivity contribution in [3.63, 3.8) is 0 Å². The van der Waals surface area contributed by atoms with E-state index in [0.717, 1.165) is 16.9 Å². The van der Waals surface area contributed by atoms with Crippen LogP contribution in [0, 0.1) is 13.8 Å². The first-order valence-electron chi connectivity index (χ1n) is 9.21. The molecule has 1 aromatic carbocycles. The summed E-state index contributed by atoms with van der Waals surface area (Å²) in [5, 5.41) is 2.99. The molecule has 1 aromatic heterocycles. The van der Waals surface area contributed by atoms with E-state index < -0.39 is 11.9 Å². The minimum atomic E-state index is -0.569. The fourth-order valence-corrected chi connectivity index (χ4v) is 3.84. The van der Waals surface area contributed by atoms with Gasteiger partial charge in [0.2, 0.25) is 0 Å². The molecule has 0 bridgehead atoms. The zero-order chi connectivity index (χ0) is 21.6. The fraction of sp³-hybridized carbons (Fsp3) is 0.381. The van der Waals surface area contributed by atoms with Crippen LogP contribution in [0.1, 0.15) is 38.1 Å². The molecule has 8 heteroatoms. The molecule has 0 fully saturated rings. The molecule has 0 spiro atoms. The Bertz CT molecular complexity index is 904. The lowest BCUT2D eigenvalue weighted by molar-refractivity contribution is -0.118. The van der Waals surface area contributed by atoms with E-state index in [-0.39, 0.29) is 31.1 Å². The van der Waals surface area contributed by atoms with Crippen molar-refractivity contribution in [2.24, 2.45) is 0 Å². The van der Waals surface area contributed by atoms with E-state index in [0.29, 0.717) is 21.2 Å². The maximum Gasteiger partial charge on any atom is 0.341 e. The molecule has 7 nitrogen and oxygen atoms in total. The maximum atomic E-state index is 12.5. The fourth-order valence-electron chi connectivity index (χ4n) is 2.70. The van der Waals surface area contributed by atoms with Crippen molar-refractivity contribution >= 4 is 34.0 Å². The minimum Gasteiger partial charge on any atom is -0.483 e. The summed E-state index contributed by atoms with van der Waals surface area (Å²) in [6.07, 6.45) is 0. The number of thiophene rings is 1. The first kappa shape index (κ1) is 22.6. The summed E-state index contributed by atoms with van der Waals surface area (Å²) in [4.78, 5) is 39.6. The Morgan fingerprint density at radius 1 is 1.14 bits per heavy atom. The van der Waals surface area contributed by atoms with Crippen LogP contribution in [0.25, 0.3) is 0 Å². The van der Waals surface area contributed by atoms with Crippen LogP contribution in [-0.2, 0) is 9.53 Å². The van der Waals surface area contributed by atoms with Crippen LogP contribution < -0.4 is 10.1 Å². The number of ether oxygens (including phenoxy) is 2. The van der Waals surface area contributed by atoms with Gasteiger partial charge < -0.3 is 19.7 Å². The molecule has 1 heterocycles. The number of hydrogen-bond donors (Lipinski definition) is 1. The third kappa shape index (κ3) is 5.88. The smallest absolute Gasteiger partial charge is 0.341 e. The molecule has 0 saturated heterocycles. The summed E-state index contributed by atoms with van der Waals surface area (Å²) in [6.45, 7) is 5.45. The number of ketones is 1. The number of hydrogen-bond acceptors (Lipinski definition) is 7. The third-order valence-corrected chi connectivity index (χ3v) is 5.29. The highest BCUT2D eigenvalue weighted by atomic mass is 32.1. The third-order valence-electron chi connectivity index (χ3n) is 4.04. The Kier molecular flexibility index (Phi) is 7.92. The van der Waals surface area contributed by atoms with Crippen molar-refractivity contribution < 1.29 is 23.9 Å². The van der Waals surface area contributed by atoms with Gasteiger partial charge in [0.05, 0.1) is 23.6 Å². The average molecular weight is 419 g/mol. The molecule has 0 atom stereocenters. The highest BCUT2D eigenvalue weighted by Crippen LogP contribution is 2.34. The lowest BCUT2D eigenvalue weighted by Gasteiger charge is -2.10. The van der Waals surface area contributed by atoms with Gasteiger partial charge in [0.1, 0.15) is 10.8 Å². The topological polar surface area (TPSA) is 84.9 Å². The quantitative estimate of drug-likeness (QED) is 0.497. The minimum absolute atomic E-state index is 0.125. The Hall–Kier alpha value is -2.71. The number of benzene rings is 1. The van der Waals surface area contributed by atoms with Gasteiger partial charge in [0.15, 0.2) is 12.4 Å². The number of Topliss-reactive ketones (excluding diaryl/α,β-unsaturated/α-hetero) is 1. The van der Waals surface area contributed by atoms with Crippen LogP contribution in [0.5, 0.6) is 5.75 Å². The molecule has 1 amide bonds. The first-order valence-corrected chi connectivity index (χ1v) is 10.0. The lowest BCUT2D eigenvalue weighted by Crippen LogP contribution is -2.21. The van der Waals surface area contributed by atoms with Crippen molar-refractivity contribution in [1.82, 2.24) is 4.90 Å². The van der Waals surface area contributed by atoms with Crippen LogP contribution in [0.4, 0.5) is 5.00 Å². The van der Waals surface area contributed by atoms with E-state index >= 15 is 0 Å². The van der Waals surface area contributed by atoms with Crippen molar-refractivity contribution in [1.29, 1.82) is 0 Å². The Morgan fingerprint density at radius 2 is 1.83 bits per heavy atom. The van der Waals surface area contributed by atoms with Crippen LogP contribution in [0.3, 0.4) is 0 Å².